The molecule has 0 aliphatic rings. The molecule has 2 aromatic carbocycles. The maximum absolute atomic E-state index is 12.9. The van der Waals surface area contributed by atoms with E-state index >= 15 is 0 Å². The molecule has 0 atom stereocenters. The Kier molecular flexibility index (Phi) is 4.34. The van der Waals surface area contributed by atoms with Crippen LogP contribution in [-0.2, 0) is 18.9 Å². The van der Waals surface area contributed by atoms with Crippen molar-refractivity contribution >= 4 is 29.6 Å². The minimum atomic E-state index is -4.07. The molecule has 8 heteroatoms. The Labute approximate surface area is 132 Å². The minimum absolute atomic E-state index is 0.126. The van der Waals surface area contributed by atoms with Crippen LogP contribution < -0.4 is 0 Å². The lowest BCUT2D eigenvalue weighted by molar-refractivity contribution is 0.593. The second-order valence-corrected chi connectivity index (χ2v) is 9.23. The molecule has 22 heavy (non-hydrogen) atoms. The smallest absolute Gasteiger partial charge is 0.219 e. The molecule has 0 aromatic heterocycles. The second-order valence-electron chi connectivity index (χ2n) is 4.78. The third-order valence-corrected chi connectivity index (χ3v) is 6.52. The van der Waals surface area contributed by atoms with Gasteiger partial charge in [0.1, 0.15) is 5.82 Å². The molecule has 0 aliphatic carbocycles. The summed E-state index contributed by atoms with van der Waals surface area (Å²) < 4.78 is 61.2. The van der Waals surface area contributed by atoms with Crippen molar-refractivity contribution in [3.05, 3.63) is 53.3 Å². The van der Waals surface area contributed by atoms with Crippen molar-refractivity contribution in [2.24, 2.45) is 0 Å². The van der Waals surface area contributed by atoms with Gasteiger partial charge in [-0.05, 0) is 55.3 Å². The fourth-order valence-electron chi connectivity index (χ4n) is 2.11. The van der Waals surface area contributed by atoms with E-state index in [1.165, 1.54) is 13.0 Å². The van der Waals surface area contributed by atoms with Gasteiger partial charge in [0.15, 0.2) is 0 Å². The van der Waals surface area contributed by atoms with Gasteiger partial charge in [0.05, 0.1) is 14.7 Å². The number of hydrogen-bond donors (Lipinski definition) is 0. The number of sulfone groups is 1. The quantitative estimate of drug-likeness (QED) is 0.621. The van der Waals surface area contributed by atoms with Gasteiger partial charge in [-0.2, -0.15) is 0 Å². The molecule has 0 spiro atoms. The molecule has 2 aromatic rings. The van der Waals surface area contributed by atoms with Crippen LogP contribution in [0.2, 0.25) is 0 Å². The van der Waals surface area contributed by atoms with Crippen LogP contribution in [0.1, 0.15) is 11.1 Å². The van der Waals surface area contributed by atoms with Crippen LogP contribution in [0.25, 0.3) is 0 Å². The van der Waals surface area contributed by atoms with Crippen LogP contribution in [0.5, 0.6) is 0 Å². The summed E-state index contributed by atoms with van der Waals surface area (Å²) in [6.07, 6.45) is 0. The van der Waals surface area contributed by atoms with E-state index < -0.39 is 24.7 Å². The Morgan fingerprint density at radius 2 is 1.36 bits per heavy atom. The van der Waals surface area contributed by atoms with E-state index in [4.69, 9.17) is 10.7 Å². The van der Waals surface area contributed by atoms with E-state index in [1.54, 1.807) is 6.92 Å². The summed E-state index contributed by atoms with van der Waals surface area (Å²) >= 11 is 0. The molecule has 0 N–H and O–H groups in total. The molecule has 0 saturated carbocycles. The largest absolute Gasteiger partial charge is 0.261 e. The SMILES string of the molecule is Cc1cc(C)c(S(=O)(=O)c2ccc(F)cc2)cc1S(=O)(=O)Cl. The molecule has 0 radical (unpaired) electrons. The van der Waals surface area contributed by atoms with Crippen LogP contribution >= 0.6 is 10.7 Å². The van der Waals surface area contributed by atoms with Gasteiger partial charge < -0.3 is 0 Å². The van der Waals surface area contributed by atoms with Crippen molar-refractivity contribution in [2.75, 3.05) is 0 Å². The summed E-state index contributed by atoms with van der Waals surface area (Å²) in [5, 5.41) is 0. The van der Waals surface area contributed by atoms with Crippen molar-refractivity contribution in [3.63, 3.8) is 0 Å². The molecule has 118 valence electrons. The molecule has 0 aliphatic heterocycles. The van der Waals surface area contributed by atoms with Crippen LogP contribution in [0.15, 0.2) is 51.1 Å². The summed E-state index contributed by atoms with van der Waals surface area (Å²) in [7, 11) is -2.72. The summed E-state index contributed by atoms with van der Waals surface area (Å²) in [4.78, 5) is -0.567. The van der Waals surface area contributed by atoms with Gasteiger partial charge in [-0.15, -0.1) is 0 Å². The van der Waals surface area contributed by atoms with E-state index in [1.807, 2.05) is 0 Å². The molecule has 2 rings (SSSR count). The van der Waals surface area contributed by atoms with Crippen LogP contribution in [0, 0.1) is 19.7 Å². The van der Waals surface area contributed by atoms with Crippen molar-refractivity contribution in [1.82, 2.24) is 0 Å². The first kappa shape index (κ1) is 16.9. The summed E-state index contributed by atoms with van der Waals surface area (Å²) in [6.45, 7) is 3.07. The van der Waals surface area contributed by atoms with Gasteiger partial charge >= 0.3 is 0 Å². The topological polar surface area (TPSA) is 68.3 Å². The normalized spacial score (nSPS) is 12.4. The molecule has 0 fully saturated rings. The van der Waals surface area contributed by atoms with E-state index in [0.717, 1.165) is 30.3 Å². The highest BCUT2D eigenvalue weighted by Gasteiger charge is 2.24. The van der Waals surface area contributed by atoms with E-state index in [9.17, 15) is 21.2 Å². The first-order valence-corrected chi connectivity index (χ1v) is 9.89. The third kappa shape index (κ3) is 3.16. The number of rotatable bonds is 3. The van der Waals surface area contributed by atoms with Gasteiger partial charge in [0.2, 0.25) is 9.84 Å². The predicted octanol–water partition coefficient (Wildman–Crippen LogP) is 3.20. The van der Waals surface area contributed by atoms with Gasteiger partial charge in [-0.1, -0.05) is 6.07 Å². The van der Waals surface area contributed by atoms with E-state index in [0.29, 0.717) is 11.1 Å². The molecule has 0 heterocycles. The molecular weight excluding hydrogens is 351 g/mol. The number of hydrogen-bond acceptors (Lipinski definition) is 4. The molecule has 0 saturated heterocycles. The van der Waals surface area contributed by atoms with Crippen molar-refractivity contribution in [2.45, 2.75) is 28.5 Å². The Balaban J connectivity index is 2.74. The van der Waals surface area contributed by atoms with E-state index in [-0.39, 0.29) is 14.7 Å². The summed E-state index contributed by atoms with van der Waals surface area (Å²) in [5.41, 5.74) is 0.733. The number of benzene rings is 2. The predicted molar refractivity (Wildman–Crippen MR) is 80.8 cm³/mol. The van der Waals surface area contributed by atoms with E-state index in [2.05, 4.69) is 0 Å². The highest BCUT2D eigenvalue weighted by atomic mass is 35.7. The third-order valence-electron chi connectivity index (χ3n) is 3.15. The van der Waals surface area contributed by atoms with Crippen molar-refractivity contribution < 1.29 is 21.2 Å². The lowest BCUT2D eigenvalue weighted by atomic mass is 10.2. The molecule has 0 bridgehead atoms. The minimum Gasteiger partial charge on any atom is -0.219 e. The maximum Gasteiger partial charge on any atom is 0.261 e. The molecular formula is C14H12ClFO4S2. The van der Waals surface area contributed by atoms with Crippen molar-refractivity contribution in [3.8, 4) is 0 Å². The maximum atomic E-state index is 12.9. The van der Waals surface area contributed by atoms with Gasteiger partial charge in [-0.3, -0.25) is 0 Å². The van der Waals surface area contributed by atoms with Crippen LogP contribution in [0.3, 0.4) is 0 Å². The average molecular weight is 363 g/mol. The van der Waals surface area contributed by atoms with Crippen LogP contribution in [-0.4, -0.2) is 16.8 Å². The Morgan fingerprint density at radius 3 is 1.86 bits per heavy atom. The molecule has 0 amide bonds. The average Bonchev–Trinajstić information content (AvgIpc) is 2.37. The molecule has 4 nitrogen and oxygen atoms in total. The zero-order valence-electron chi connectivity index (χ0n) is 11.7. The Hall–Kier alpha value is -1.44. The fraction of sp³-hybridized carbons (Fsp3) is 0.143. The van der Waals surface area contributed by atoms with Gasteiger partial charge in [0.25, 0.3) is 9.05 Å². The highest BCUT2D eigenvalue weighted by molar-refractivity contribution is 8.13. The Bertz CT molecular complexity index is 934. The first-order valence-electron chi connectivity index (χ1n) is 6.10. The van der Waals surface area contributed by atoms with Gasteiger partial charge in [0, 0.05) is 10.7 Å². The fourth-order valence-corrected chi connectivity index (χ4v) is 4.89. The number of aryl methyl sites for hydroxylation is 2. The zero-order valence-corrected chi connectivity index (χ0v) is 14.1. The van der Waals surface area contributed by atoms with Crippen molar-refractivity contribution in [1.29, 1.82) is 0 Å². The van der Waals surface area contributed by atoms with Crippen LogP contribution in [0.4, 0.5) is 4.39 Å². The second kappa shape index (κ2) is 5.64. The summed E-state index contributed by atoms with van der Waals surface area (Å²) in [6, 6.07) is 6.76. The summed E-state index contributed by atoms with van der Waals surface area (Å²) in [5.74, 6) is -0.566. The first-order chi connectivity index (χ1) is 10.0. The molecule has 0 unspecified atom stereocenters. The Morgan fingerprint density at radius 1 is 0.864 bits per heavy atom. The zero-order chi connectivity index (χ0) is 16.7. The van der Waals surface area contributed by atoms with Gasteiger partial charge in [-0.25, -0.2) is 21.2 Å². The number of halogens is 2. The standard InChI is InChI=1S/C14H12ClFO4S2/c1-9-7-10(2)14(22(15,19)20)8-13(9)21(17,18)12-5-3-11(16)4-6-12/h3-8H,1-2H3. The lowest BCUT2D eigenvalue weighted by Crippen LogP contribution is -2.07. The lowest BCUT2D eigenvalue weighted by Gasteiger charge is -2.11. The monoisotopic (exact) mass is 362 g/mol. The highest BCUT2D eigenvalue weighted by Crippen LogP contribution is 2.30.